The minimum absolute atomic E-state index is 0. The van der Waals surface area contributed by atoms with Gasteiger partial charge in [0.1, 0.15) is 5.82 Å². The molecule has 1 aromatic carbocycles. The van der Waals surface area contributed by atoms with E-state index in [9.17, 15) is 4.39 Å². The number of hydrogen-bond donors (Lipinski definition) is 3. The number of rotatable bonds is 9. The Hall–Kier alpha value is -1.35. The molecule has 0 atom stereocenters. The lowest BCUT2D eigenvalue weighted by Gasteiger charge is -2.40. The van der Waals surface area contributed by atoms with E-state index >= 15 is 0 Å². The van der Waals surface area contributed by atoms with Crippen LogP contribution < -0.4 is 10.6 Å². The van der Waals surface area contributed by atoms with Gasteiger partial charge in [-0.25, -0.2) is 4.39 Å². The minimum atomic E-state index is -0.214. The van der Waals surface area contributed by atoms with Crippen molar-refractivity contribution in [2.75, 3.05) is 33.4 Å². The number of aromatic nitrogens is 1. The number of nitrogens with one attached hydrogen (secondary N) is 3. The van der Waals surface area contributed by atoms with Crippen LogP contribution in [0.3, 0.4) is 0 Å². The SMILES string of the molecule is CCNC(=NCC1(CCOC)CCC1)NCCc1c[nH]c2cc(F)ccc12.I. The van der Waals surface area contributed by atoms with Crippen molar-refractivity contribution in [1.82, 2.24) is 15.6 Å². The molecule has 2 aromatic rings. The third kappa shape index (κ3) is 5.83. The van der Waals surface area contributed by atoms with Gasteiger partial charge in [-0.1, -0.05) is 6.42 Å². The minimum Gasteiger partial charge on any atom is -0.385 e. The Morgan fingerprint density at radius 3 is 2.82 bits per heavy atom. The first-order valence-corrected chi connectivity index (χ1v) is 9.92. The molecule has 1 fully saturated rings. The second-order valence-electron chi connectivity index (χ2n) is 7.47. The van der Waals surface area contributed by atoms with E-state index in [1.165, 1.54) is 37.0 Å². The number of methoxy groups -OCH3 is 1. The fourth-order valence-electron chi connectivity index (χ4n) is 3.75. The van der Waals surface area contributed by atoms with Crippen LogP contribution in [-0.2, 0) is 11.2 Å². The van der Waals surface area contributed by atoms with Crippen molar-refractivity contribution in [3.05, 3.63) is 35.8 Å². The highest BCUT2D eigenvalue weighted by atomic mass is 127. The van der Waals surface area contributed by atoms with E-state index in [0.29, 0.717) is 5.41 Å². The van der Waals surface area contributed by atoms with Gasteiger partial charge in [0.2, 0.25) is 0 Å². The number of halogens is 2. The molecule has 1 aliphatic rings. The van der Waals surface area contributed by atoms with E-state index in [-0.39, 0.29) is 29.8 Å². The zero-order chi connectivity index (χ0) is 19.1. The molecule has 3 N–H and O–H groups in total. The average molecular weight is 502 g/mol. The number of nitrogens with zero attached hydrogens (tertiary/aromatic N) is 1. The molecule has 0 unspecified atom stereocenters. The summed E-state index contributed by atoms with van der Waals surface area (Å²) in [4.78, 5) is 7.98. The van der Waals surface area contributed by atoms with Gasteiger partial charge in [0.15, 0.2) is 5.96 Å². The first-order valence-electron chi connectivity index (χ1n) is 9.92. The van der Waals surface area contributed by atoms with Crippen molar-refractivity contribution in [2.45, 2.75) is 39.0 Å². The number of guanidine groups is 1. The van der Waals surface area contributed by atoms with Crippen LogP contribution in [0.5, 0.6) is 0 Å². The van der Waals surface area contributed by atoms with Crippen LogP contribution in [0.15, 0.2) is 29.4 Å². The molecule has 1 heterocycles. The summed E-state index contributed by atoms with van der Waals surface area (Å²) < 4.78 is 18.6. The van der Waals surface area contributed by atoms with Gasteiger partial charge in [0, 0.05) is 50.5 Å². The molecule has 0 bridgehead atoms. The highest BCUT2D eigenvalue weighted by molar-refractivity contribution is 14.0. The smallest absolute Gasteiger partial charge is 0.191 e. The van der Waals surface area contributed by atoms with Gasteiger partial charge < -0.3 is 20.4 Å². The van der Waals surface area contributed by atoms with Crippen molar-refractivity contribution in [2.24, 2.45) is 10.4 Å². The number of H-pyrrole nitrogens is 1. The fraction of sp³-hybridized carbons (Fsp3) is 0.571. The zero-order valence-corrected chi connectivity index (χ0v) is 19.1. The molecule has 0 aliphatic heterocycles. The molecule has 0 saturated heterocycles. The Labute approximate surface area is 183 Å². The molecule has 1 saturated carbocycles. The van der Waals surface area contributed by atoms with Gasteiger partial charge in [-0.2, -0.15) is 0 Å². The summed E-state index contributed by atoms with van der Waals surface area (Å²) in [6, 6.07) is 4.89. The summed E-state index contributed by atoms with van der Waals surface area (Å²) >= 11 is 0. The maximum Gasteiger partial charge on any atom is 0.191 e. The predicted octanol–water partition coefficient (Wildman–Crippen LogP) is 4.23. The summed E-state index contributed by atoms with van der Waals surface area (Å²) in [5.74, 6) is 0.654. The number of fused-ring (bicyclic) bond motifs is 1. The zero-order valence-electron chi connectivity index (χ0n) is 16.8. The normalized spacial score (nSPS) is 15.8. The molecule has 156 valence electrons. The Balaban J connectivity index is 0.00000280. The van der Waals surface area contributed by atoms with Crippen LogP contribution in [0.25, 0.3) is 10.9 Å². The van der Waals surface area contributed by atoms with Gasteiger partial charge in [-0.3, -0.25) is 4.99 Å². The van der Waals surface area contributed by atoms with Crippen molar-refractivity contribution < 1.29 is 9.13 Å². The second kappa shape index (κ2) is 11.0. The molecular weight excluding hydrogens is 470 g/mol. The maximum absolute atomic E-state index is 13.3. The first-order chi connectivity index (χ1) is 13.2. The lowest BCUT2D eigenvalue weighted by Crippen LogP contribution is -2.41. The number of aliphatic imine (C=N–C) groups is 1. The summed E-state index contributed by atoms with van der Waals surface area (Å²) in [7, 11) is 1.76. The standard InChI is InChI=1S/C21H31FN4O.HI/c1-3-23-20(26-15-21(8-4-9-21)10-12-27-2)24-11-7-16-14-25-19-13-17(22)5-6-18(16)19;/h5-6,13-14,25H,3-4,7-12,15H2,1-2H3,(H2,23,24,26);1H. The molecule has 1 aliphatic carbocycles. The van der Waals surface area contributed by atoms with E-state index in [2.05, 4.69) is 22.5 Å². The average Bonchev–Trinajstić information content (AvgIpc) is 3.02. The number of hydrogen-bond acceptors (Lipinski definition) is 2. The maximum atomic E-state index is 13.3. The molecule has 5 nitrogen and oxygen atoms in total. The summed E-state index contributed by atoms with van der Waals surface area (Å²) in [5, 5.41) is 7.84. The molecule has 1 aromatic heterocycles. The quantitative estimate of drug-likeness (QED) is 0.273. The summed E-state index contributed by atoms with van der Waals surface area (Å²) in [6.45, 7) is 5.35. The Bertz CT molecular complexity index is 773. The Morgan fingerprint density at radius 2 is 2.14 bits per heavy atom. The van der Waals surface area contributed by atoms with E-state index in [0.717, 1.165) is 55.9 Å². The third-order valence-corrected chi connectivity index (χ3v) is 5.58. The van der Waals surface area contributed by atoms with Crippen molar-refractivity contribution in [3.63, 3.8) is 0 Å². The Kier molecular flexibility index (Phi) is 9.01. The molecule has 7 heteroatoms. The number of ether oxygens (including phenoxy) is 1. The predicted molar refractivity (Wildman–Crippen MR) is 124 cm³/mol. The lowest BCUT2D eigenvalue weighted by molar-refractivity contribution is 0.0778. The molecule has 0 amide bonds. The first kappa shape index (κ1) is 22.9. The highest BCUT2D eigenvalue weighted by Gasteiger charge is 2.36. The van der Waals surface area contributed by atoms with E-state index in [1.54, 1.807) is 7.11 Å². The van der Waals surface area contributed by atoms with E-state index in [4.69, 9.17) is 9.73 Å². The summed E-state index contributed by atoms with van der Waals surface area (Å²) in [6.07, 6.45) is 7.67. The van der Waals surface area contributed by atoms with Crippen molar-refractivity contribution in [1.29, 1.82) is 0 Å². The second-order valence-corrected chi connectivity index (χ2v) is 7.47. The van der Waals surface area contributed by atoms with Crippen LogP contribution in [0.1, 0.15) is 38.2 Å². The van der Waals surface area contributed by atoms with Gasteiger partial charge in [0.25, 0.3) is 0 Å². The monoisotopic (exact) mass is 502 g/mol. The molecular formula is C21H32FIN4O. The van der Waals surface area contributed by atoms with Crippen LogP contribution in [-0.4, -0.2) is 44.3 Å². The Morgan fingerprint density at radius 1 is 1.32 bits per heavy atom. The van der Waals surface area contributed by atoms with Gasteiger partial charge in [0.05, 0.1) is 0 Å². The van der Waals surface area contributed by atoms with Crippen LogP contribution in [0.2, 0.25) is 0 Å². The van der Waals surface area contributed by atoms with Gasteiger partial charge in [-0.15, -0.1) is 24.0 Å². The highest BCUT2D eigenvalue weighted by Crippen LogP contribution is 2.44. The molecule has 3 rings (SSSR count). The fourth-order valence-corrected chi connectivity index (χ4v) is 3.75. The van der Waals surface area contributed by atoms with Crippen molar-refractivity contribution >= 4 is 40.8 Å². The lowest BCUT2D eigenvalue weighted by atomic mass is 9.67. The van der Waals surface area contributed by atoms with Gasteiger partial charge >= 0.3 is 0 Å². The third-order valence-electron chi connectivity index (χ3n) is 5.58. The largest absolute Gasteiger partial charge is 0.385 e. The molecule has 0 spiro atoms. The van der Waals surface area contributed by atoms with E-state index in [1.807, 2.05) is 12.3 Å². The van der Waals surface area contributed by atoms with Crippen LogP contribution >= 0.6 is 24.0 Å². The van der Waals surface area contributed by atoms with Gasteiger partial charge in [-0.05, 0) is 61.8 Å². The topological polar surface area (TPSA) is 61.4 Å². The summed E-state index contributed by atoms with van der Waals surface area (Å²) in [5.41, 5.74) is 2.35. The molecule has 28 heavy (non-hydrogen) atoms. The van der Waals surface area contributed by atoms with E-state index < -0.39 is 0 Å². The number of aromatic amines is 1. The van der Waals surface area contributed by atoms with Crippen LogP contribution in [0.4, 0.5) is 4.39 Å². The van der Waals surface area contributed by atoms with Crippen molar-refractivity contribution in [3.8, 4) is 0 Å². The molecule has 0 radical (unpaired) electrons. The number of benzene rings is 1. The van der Waals surface area contributed by atoms with Crippen LogP contribution in [0, 0.1) is 11.2 Å².